The van der Waals surface area contributed by atoms with Crippen molar-refractivity contribution >= 4 is 11.6 Å². The van der Waals surface area contributed by atoms with Crippen LogP contribution in [0.4, 0.5) is 10.1 Å². The van der Waals surface area contributed by atoms with Crippen LogP contribution in [0.15, 0.2) is 18.2 Å². The number of ether oxygens (including phenoxy) is 1. The molecule has 4 nitrogen and oxygen atoms in total. The average molecular weight is 254 g/mol. The number of rotatable bonds is 6. The summed E-state index contributed by atoms with van der Waals surface area (Å²) in [5, 5.41) is 5.62. The lowest BCUT2D eigenvalue weighted by molar-refractivity contribution is -0.119. The maximum atomic E-state index is 13.4. The standard InChI is InChI=1S/C13H19FN2O2/c1-9(2)7-16-13(17)8-15-10-4-5-12(18-3)11(14)6-10/h4-6,9,15H,7-8H2,1-3H3,(H,16,17). The van der Waals surface area contributed by atoms with E-state index in [4.69, 9.17) is 4.74 Å². The van der Waals surface area contributed by atoms with Crippen molar-refractivity contribution in [2.75, 3.05) is 25.5 Å². The number of halogens is 1. The zero-order chi connectivity index (χ0) is 13.5. The average Bonchev–Trinajstić information content (AvgIpc) is 2.34. The van der Waals surface area contributed by atoms with E-state index in [0.29, 0.717) is 18.2 Å². The highest BCUT2D eigenvalue weighted by Gasteiger charge is 2.05. The molecule has 5 heteroatoms. The number of carbonyl (C=O) groups excluding carboxylic acids is 1. The van der Waals surface area contributed by atoms with Crippen molar-refractivity contribution in [2.24, 2.45) is 5.92 Å². The zero-order valence-corrected chi connectivity index (χ0v) is 10.9. The summed E-state index contributed by atoms with van der Waals surface area (Å²) in [5.41, 5.74) is 0.549. The van der Waals surface area contributed by atoms with Crippen LogP contribution in [0.3, 0.4) is 0 Å². The number of hydrogen-bond donors (Lipinski definition) is 2. The molecular formula is C13H19FN2O2. The molecule has 0 bridgehead atoms. The number of carbonyl (C=O) groups is 1. The van der Waals surface area contributed by atoms with E-state index in [1.54, 1.807) is 6.07 Å². The maximum absolute atomic E-state index is 13.4. The molecular weight excluding hydrogens is 235 g/mol. The fourth-order valence-electron chi connectivity index (χ4n) is 1.34. The van der Waals surface area contributed by atoms with Crippen LogP contribution >= 0.6 is 0 Å². The van der Waals surface area contributed by atoms with Crippen LogP contribution in [0, 0.1) is 11.7 Å². The second-order valence-corrected chi connectivity index (χ2v) is 4.40. The first kappa shape index (κ1) is 14.3. The second kappa shape index (κ2) is 6.83. The minimum Gasteiger partial charge on any atom is -0.494 e. The van der Waals surface area contributed by atoms with Crippen LogP contribution in [0.5, 0.6) is 5.75 Å². The number of hydrogen-bond acceptors (Lipinski definition) is 3. The van der Waals surface area contributed by atoms with Crippen LogP contribution in [0.25, 0.3) is 0 Å². The number of anilines is 1. The summed E-state index contributed by atoms with van der Waals surface area (Å²) in [6.45, 7) is 4.80. The minimum absolute atomic E-state index is 0.111. The Labute approximate surface area is 107 Å². The highest BCUT2D eigenvalue weighted by Crippen LogP contribution is 2.20. The number of benzene rings is 1. The molecule has 0 heterocycles. The molecule has 0 fully saturated rings. The van der Waals surface area contributed by atoms with E-state index >= 15 is 0 Å². The van der Waals surface area contributed by atoms with Gasteiger partial charge >= 0.3 is 0 Å². The third kappa shape index (κ3) is 4.61. The van der Waals surface area contributed by atoms with Gasteiger partial charge in [-0.2, -0.15) is 0 Å². The van der Waals surface area contributed by atoms with E-state index < -0.39 is 5.82 Å². The van der Waals surface area contributed by atoms with Crippen LogP contribution in [0.2, 0.25) is 0 Å². The fraction of sp³-hybridized carbons (Fsp3) is 0.462. The van der Waals surface area contributed by atoms with Crippen molar-refractivity contribution in [3.63, 3.8) is 0 Å². The van der Waals surface area contributed by atoms with Crippen molar-refractivity contribution in [3.8, 4) is 5.75 Å². The molecule has 0 unspecified atom stereocenters. The van der Waals surface area contributed by atoms with E-state index in [1.165, 1.54) is 19.2 Å². The molecule has 1 aromatic carbocycles. The molecule has 100 valence electrons. The number of methoxy groups -OCH3 is 1. The zero-order valence-electron chi connectivity index (χ0n) is 10.9. The van der Waals surface area contributed by atoms with E-state index in [0.717, 1.165) is 0 Å². The van der Waals surface area contributed by atoms with E-state index in [1.807, 2.05) is 13.8 Å². The fourth-order valence-corrected chi connectivity index (χ4v) is 1.34. The molecule has 2 N–H and O–H groups in total. The summed E-state index contributed by atoms with van der Waals surface area (Å²) >= 11 is 0. The number of nitrogens with one attached hydrogen (secondary N) is 2. The Bertz CT molecular complexity index is 408. The maximum Gasteiger partial charge on any atom is 0.239 e. The first-order chi connectivity index (χ1) is 8.52. The molecule has 0 saturated carbocycles. The van der Waals surface area contributed by atoms with Gasteiger partial charge in [0.05, 0.1) is 13.7 Å². The molecule has 0 aliphatic carbocycles. The van der Waals surface area contributed by atoms with Crippen LogP contribution in [0.1, 0.15) is 13.8 Å². The summed E-state index contributed by atoms with van der Waals surface area (Å²) in [5.74, 6) is 0.0298. The molecule has 0 radical (unpaired) electrons. The van der Waals surface area contributed by atoms with Crippen molar-refractivity contribution in [1.82, 2.24) is 5.32 Å². The highest BCUT2D eigenvalue weighted by molar-refractivity contribution is 5.80. The summed E-state index contributed by atoms with van der Waals surface area (Å²) in [7, 11) is 1.41. The second-order valence-electron chi connectivity index (χ2n) is 4.40. The normalized spacial score (nSPS) is 10.3. The van der Waals surface area contributed by atoms with Crippen molar-refractivity contribution in [3.05, 3.63) is 24.0 Å². The molecule has 18 heavy (non-hydrogen) atoms. The van der Waals surface area contributed by atoms with E-state index in [2.05, 4.69) is 10.6 Å². The Morgan fingerprint density at radius 1 is 1.44 bits per heavy atom. The summed E-state index contributed by atoms with van der Waals surface area (Å²) in [4.78, 5) is 11.4. The van der Waals surface area contributed by atoms with Gasteiger partial charge in [0.2, 0.25) is 5.91 Å². The Morgan fingerprint density at radius 3 is 2.72 bits per heavy atom. The molecule has 0 saturated heterocycles. The van der Waals surface area contributed by atoms with Crippen LogP contribution in [-0.2, 0) is 4.79 Å². The van der Waals surface area contributed by atoms with Crippen LogP contribution in [-0.4, -0.2) is 26.1 Å². The number of amides is 1. The molecule has 1 rings (SSSR count). The molecule has 0 aliphatic heterocycles. The smallest absolute Gasteiger partial charge is 0.239 e. The van der Waals surface area contributed by atoms with Gasteiger partial charge in [-0.25, -0.2) is 4.39 Å². The molecule has 1 aromatic rings. The van der Waals surface area contributed by atoms with Gasteiger partial charge in [0.25, 0.3) is 0 Å². The van der Waals surface area contributed by atoms with Crippen molar-refractivity contribution < 1.29 is 13.9 Å². The van der Waals surface area contributed by atoms with Gasteiger partial charge in [0.15, 0.2) is 11.6 Å². The Kier molecular flexibility index (Phi) is 5.42. The van der Waals surface area contributed by atoms with Crippen molar-refractivity contribution in [1.29, 1.82) is 0 Å². The van der Waals surface area contributed by atoms with Gasteiger partial charge < -0.3 is 15.4 Å². The first-order valence-corrected chi connectivity index (χ1v) is 5.87. The monoisotopic (exact) mass is 254 g/mol. The Balaban J connectivity index is 2.43. The van der Waals surface area contributed by atoms with Gasteiger partial charge in [0, 0.05) is 18.3 Å². The van der Waals surface area contributed by atoms with Crippen molar-refractivity contribution in [2.45, 2.75) is 13.8 Å². The Hall–Kier alpha value is -1.78. The highest BCUT2D eigenvalue weighted by atomic mass is 19.1. The first-order valence-electron chi connectivity index (χ1n) is 5.87. The molecule has 0 aliphatic rings. The molecule has 0 aromatic heterocycles. The van der Waals surface area contributed by atoms with E-state index in [-0.39, 0.29) is 18.2 Å². The lowest BCUT2D eigenvalue weighted by Gasteiger charge is -2.10. The molecule has 1 amide bonds. The Morgan fingerprint density at radius 2 is 2.17 bits per heavy atom. The molecule has 0 atom stereocenters. The molecule has 0 spiro atoms. The van der Waals surface area contributed by atoms with Gasteiger partial charge in [-0.1, -0.05) is 13.8 Å². The van der Waals surface area contributed by atoms with Gasteiger partial charge in [-0.05, 0) is 18.1 Å². The predicted molar refractivity (Wildman–Crippen MR) is 69.3 cm³/mol. The van der Waals surface area contributed by atoms with Gasteiger partial charge in [-0.15, -0.1) is 0 Å². The van der Waals surface area contributed by atoms with Gasteiger partial charge in [0.1, 0.15) is 0 Å². The largest absolute Gasteiger partial charge is 0.494 e. The minimum atomic E-state index is -0.454. The topological polar surface area (TPSA) is 50.4 Å². The summed E-state index contributed by atoms with van der Waals surface area (Å²) in [6.07, 6.45) is 0. The van der Waals surface area contributed by atoms with Gasteiger partial charge in [-0.3, -0.25) is 4.79 Å². The third-order valence-electron chi connectivity index (χ3n) is 2.31. The third-order valence-corrected chi connectivity index (χ3v) is 2.31. The SMILES string of the molecule is COc1ccc(NCC(=O)NCC(C)C)cc1F. The quantitative estimate of drug-likeness (QED) is 0.816. The lowest BCUT2D eigenvalue weighted by atomic mass is 10.2. The van der Waals surface area contributed by atoms with E-state index in [9.17, 15) is 9.18 Å². The summed E-state index contributed by atoms with van der Waals surface area (Å²) in [6, 6.07) is 4.48. The predicted octanol–water partition coefficient (Wildman–Crippen LogP) is 2.02. The lowest BCUT2D eigenvalue weighted by Crippen LogP contribution is -2.32. The van der Waals surface area contributed by atoms with Crippen LogP contribution < -0.4 is 15.4 Å². The summed E-state index contributed by atoms with van der Waals surface area (Å²) < 4.78 is 18.2.